The molecule has 3 heterocycles. The lowest BCUT2D eigenvalue weighted by Gasteiger charge is -2.54. The number of hydrogen-bond acceptors (Lipinski definition) is 3. The molecule has 0 unspecified atom stereocenters. The van der Waals surface area contributed by atoms with Crippen molar-refractivity contribution in [3.05, 3.63) is 34.3 Å². The van der Waals surface area contributed by atoms with E-state index in [-0.39, 0.29) is 17.9 Å². The molecule has 140 valence electrons. The molecule has 2 N–H and O–H groups in total. The number of hydrogen-bond donors (Lipinski definition) is 2. The molecule has 26 heavy (non-hydrogen) atoms. The summed E-state index contributed by atoms with van der Waals surface area (Å²) < 4.78 is 0. The summed E-state index contributed by atoms with van der Waals surface area (Å²) >= 11 is 6.23. The first-order valence-corrected chi connectivity index (χ1v) is 9.99. The monoisotopic (exact) mass is 375 g/mol. The van der Waals surface area contributed by atoms with Gasteiger partial charge in [-0.3, -0.25) is 9.59 Å². The lowest BCUT2D eigenvalue weighted by Crippen LogP contribution is -2.66. The molecule has 3 aliphatic rings. The van der Waals surface area contributed by atoms with Gasteiger partial charge in [0, 0.05) is 25.6 Å². The van der Waals surface area contributed by atoms with E-state index in [9.17, 15) is 9.59 Å². The smallest absolute Gasteiger partial charge is 0.253 e. The number of nitrogens with zero attached hydrogens (tertiary/aromatic N) is 1. The average Bonchev–Trinajstić information content (AvgIpc) is 2.62. The van der Waals surface area contributed by atoms with E-state index in [4.69, 9.17) is 11.6 Å². The molecule has 0 aromatic heterocycles. The molecule has 2 amide bonds. The molecule has 1 aromatic rings. The summed E-state index contributed by atoms with van der Waals surface area (Å²) in [7, 11) is 0. The van der Waals surface area contributed by atoms with E-state index in [1.165, 1.54) is 0 Å². The van der Waals surface area contributed by atoms with Crippen molar-refractivity contribution in [3.8, 4) is 0 Å². The van der Waals surface area contributed by atoms with Gasteiger partial charge in [-0.05, 0) is 56.2 Å². The molecule has 5 nitrogen and oxygen atoms in total. The van der Waals surface area contributed by atoms with Crippen LogP contribution in [0.2, 0.25) is 5.02 Å². The van der Waals surface area contributed by atoms with Crippen LogP contribution in [0.4, 0.5) is 0 Å². The Hall–Kier alpha value is -1.59. The fourth-order valence-electron chi connectivity index (χ4n) is 5.10. The van der Waals surface area contributed by atoms with E-state index in [2.05, 4.69) is 15.5 Å². The van der Waals surface area contributed by atoms with E-state index in [1.807, 2.05) is 19.1 Å². The Bertz CT molecular complexity index is 703. The first-order valence-electron chi connectivity index (χ1n) is 9.61. The van der Waals surface area contributed by atoms with Crippen molar-refractivity contribution in [3.63, 3.8) is 0 Å². The van der Waals surface area contributed by atoms with Gasteiger partial charge in [0.25, 0.3) is 5.91 Å². The number of carbonyl (C=O) groups is 2. The van der Waals surface area contributed by atoms with Crippen LogP contribution in [0.3, 0.4) is 0 Å². The number of benzene rings is 1. The molecule has 4 atom stereocenters. The molecule has 2 bridgehead atoms. The van der Waals surface area contributed by atoms with Crippen LogP contribution in [0.15, 0.2) is 18.2 Å². The van der Waals surface area contributed by atoms with E-state index in [0.29, 0.717) is 41.4 Å². The molecule has 0 spiro atoms. The Labute approximate surface area is 159 Å². The van der Waals surface area contributed by atoms with E-state index in [0.717, 1.165) is 37.9 Å². The van der Waals surface area contributed by atoms with E-state index < -0.39 is 0 Å². The Morgan fingerprint density at radius 2 is 2.15 bits per heavy atom. The third-order valence-electron chi connectivity index (χ3n) is 6.32. The normalized spacial score (nSPS) is 30.7. The summed E-state index contributed by atoms with van der Waals surface area (Å²) in [6.45, 7) is 4.30. The zero-order chi connectivity index (χ0) is 18.3. The number of amides is 2. The molecule has 4 rings (SSSR count). The van der Waals surface area contributed by atoms with Gasteiger partial charge in [-0.2, -0.15) is 0 Å². The van der Waals surface area contributed by atoms with Gasteiger partial charge in [0.05, 0.1) is 16.6 Å². The highest BCUT2D eigenvalue weighted by atomic mass is 35.5. The molecule has 3 fully saturated rings. The molecular weight excluding hydrogens is 350 g/mol. The fourth-order valence-corrected chi connectivity index (χ4v) is 5.41. The third kappa shape index (κ3) is 3.12. The zero-order valence-corrected chi connectivity index (χ0v) is 15.9. The van der Waals surface area contributed by atoms with Crippen LogP contribution in [0, 0.1) is 18.8 Å². The van der Waals surface area contributed by atoms with Crippen LogP contribution in [0.1, 0.15) is 41.6 Å². The molecule has 0 radical (unpaired) electrons. The van der Waals surface area contributed by atoms with Gasteiger partial charge in [0.15, 0.2) is 0 Å². The largest absolute Gasteiger partial charge is 0.350 e. The van der Waals surface area contributed by atoms with Crippen molar-refractivity contribution in [2.75, 3.05) is 19.6 Å². The molecular formula is C20H26ClN3O2. The minimum absolute atomic E-state index is 0.0728. The summed E-state index contributed by atoms with van der Waals surface area (Å²) in [6.07, 6.45) is 3.85. The van der Waals surface area contributed by atoms with Gasteiger partial charge in [0.1, 0.15) is 0 Å². The topological polar surface area (TPSA) is 61.4 Å². The quantitative estimate of drug-likeness (QED) is 0.852. The molecule has 6 heteroatoms. The summed E-state index contributed by atoms with van der Waals surface area (Å²) in [5, 5.41) is 7.06. The maximum Gasteiger partial charge on any atom is 0.253 e. The number of aryl methyl sites for hydroxylation is 1. The first-order chi connectivity index (χ1) is 12.6. The SMILES string of the molecule is Cc1cccc(Cl)c1C(=O)NC[C@H]1[C@@H]2CNC[C@@H](C2)[C@@H]2CCCC(=O)N21. The predicted molar refractivity (Wildman–Crippen MR) is 101 cm³/mol. The number of rotatable bonds is 3. The number of fused-ring (bicyclic) bond motifs is 4. The van der Waals surface area contributed by atoms with Crippen LogP contribution in [0.5, 0.6) is 0 Å². The summed E-state index contributed by atoms with van der Waals surface area (Å²) in [4.78, 5) is 27.5. The van der Waals surface area contributed by atoms with Crippen molar-refractivity contribution >= 4 is 23.4 Å². The van der Waals surface area contributed by atoms with Crippen LogP contribution in [-0.4, -0.2) is 48.4 Å². The van der Waals surface area contributed by atoms with Crippen molar-refractivity contribution < 1.29 is 9.59 Å². The van der Waals surface area contributed by atoms with Gasteiger partial charge in [-0.1, -0.05) is 23.7 Å². The Balaban J connectivity index is 1.52. The van der Waals surface area contributed by atoms with Crippen molar-refractivity contribution in [2.45, 2.75) is 44.7 Å². The molecule has 3 saturated heterocycles. The second kappa shape index (κ2) is 7.20. The molecule has 1 aromatic carbocycles. The molecule has 3 aliphatic heterocycles. The molecule has 0 saturated carbocycles. The average molecular weight is 376 g/mol. The minimum Gasteiger partial charge on any atom is -0.350 e. The third-order valence-corrected chi connectivity index (χ3v) is 6.64. The Kier molecular flexibility index (Phi) is 4.93. The van der Waals surface area contributed by atoms with E-state index in [1.54, 1.807) is 6.07 Å². The highest BCUT2D eigenvalue weighted by Crippen LogP contribution is 2.39. The number of carbonyl (C=O) groups excluding carboxylic acids is 2. The summed E-state index contributed by atoms with van der Waals surface area (Å²) in [5.41, 5.74) is 1.40. The lowest BCUT2D eigenvalue weighted by molar-refractivity contribution is -0.148. The fraction of sp³-hybridized carbons (Fsp3) is 0.600. The second-order valence-electron chi connectivity index (χ2n) is 7.88. The minimum atomic E-state index is -0.153. The first kappa shape index (κ1) is 17.8. The second-order valence-corrected chi connectivity index (χ2v) is 8.29. The predicted octanol–water partition coefficient (Wildman–Crippen LogP) is 2.37. The van der Waals surface area contributed by atoms with Crippen LogP contribution in [0.25, 0.3) is 0 Å². The van der Waals surface area contributed by atoms with Gasteiger partial charge in [0.2, 0.25) is 5.91 Å². The van der Waals surface area contributed by atoms with Crippen LogP contribution < -0.4 is 10.6 Å². The van der Waals surface area contributed by atoms with Gasteiger partial charge >= 0.3 is 0 Å². The highest BCUT2D eigenvalue weighted by molar-refractivity contribution is 6.34. The van der Waals surface area contributed by atoms with E-state index >= 15 is 0 Å². The maximum atomic E-state index is 12.7. The molecule has 0 aliphatic carbocycles. The number of halogens is 1. The van der Waals surface area contributed by atoms with Gasteiger partial charge < -0.3 is 15.5 Å². The van der Waals surface area contributed by atoms with Crippen molar-refractivity contribution in [1.82, 2.24) is 15.5 Å². The highest BCUT2D eigenvalue weighted by Gasteiger charge is 2.47. The summed E-state index contributed by atoms with van der Waals surface area (Å²) in [6, 6.07) is 5.87. The van der Waals surface area contributed by atoms with Gasteiger partial charge in [-0.25, -0.2) is 0 Å². The Morgan fingerprint density at radius 1 is 1.35 bits per heavy atom. The Morgan fingerprint density at radius 3 is 2.96 bits per heavy atom. The summed E-state index contributed by atoms with van der Waals surface area (Å²) in [5.74, 6) is 1.06. The number of piperidine rings is 3. The van der Waals surface area contributed by atoms with Gasteiger partial charge in [-0.15, -0.1) is 0 Å². The van der Waals surface area contributed by atoms with Crippen LogP contribution >= 0.6 is 11.6 Å². The van der Waals surface area contributed by atoms with Crippen LogP contribution in [-0.2, 0) is 4.79 Å². The maximum absolute atomic E-state index is 12.7. The number of nitrogens with one attached hydrogen (secondary N) is 2. The zero-order valence-electron chi connectivity index (χ0n) is 15.1. The lowest BCUT2D eigenvalue weighted by atomic mass is 9.72. The van der Waals surface area contributed by atoms with Crippen molar-refractivity contribution in [1.29, 1.82) is 0 Å². The van der Waals surface area contributed by atoms with Crippen molar-refractivity contribution in [2.24, 2.45) is 11.8 Å². The standard InChI is InChI=1S/C20H26ClN3O2/c1-12-4-2-5-15(21)19(12)20(26)23-11-17-14-8-13(9-22-10-14)16-6-3-7-18(25)24(16)17/h2,4-5,13-14,16-17,22H,3,6-11H2,1H3,(H,23,26)/t13-,14+,16+,17+/m1/s1.